The minimum atomic E-state index is -4.74. The molecule has 0 saturated heterocycles. The molecule has 9 nitrogen and oxygen atoms in total. The Morgan fingerprint density at radius 3 is 1.46 bits per heavy atom. The van der Waals surface area contributed by atoms with Crippen LogP contribution in [0.3, 0.4) is 0 Å². The molecule has 0 saturated carbocycles. The molecule has 0 aromatic rings. The molecule has 0 aliphatic heterocycles. The first kappa shape index (κ1) is 69.6. The fraction of sp³-hybridized carbons (Fsp3) is 0.562. The number of amides is 1. The summed E-state index contributed by atoms with van der Waals surface area (Å²) in [6, 6.07) is -0.959. The maximum atomic E-state index is 13.5. The van der Waals surface area contributed by atoms with Crippen molar-refractivity contribution in [1.29, 1.82) is 0 Å². The van der Waals surface area contributed by atoms with Gasteiger partial charge in [0.1, 0.15) is 19.3 Å². The molecule has 0 bridgehead atoms. The Hall–Kier alpha value is -4.37. The summed E-state index contributed by atoms with van der Waals surface area (Å²) >= 11 is 0. The van der Waals surface area contributed by atoms with Crippen molar-refractivity contribution in [2.24, 2.45) is 0 Å². The van der Waals surface area contributed by atoms with Crippen molar-refractivity contribution in [3.63, 3.8) is 0 Å². The second-order valence-electron chi connectivity index (χ2n) is 19.5. The lowest BCUT2D eigenvalue weighted by Gasteiger charge is -2.30. The second-order valence-corrected chi connectivity index (χ2v) is 20.9. The molecule has 416 valence electrons. The van der Waals surface area contributed by atoms with Gasteiger partial charge >= 0.3 is 5.97 Å². The summed E-state index contributed by atoms with van der Waals surface area (Å²) in [5.74, 6) is -0.708. The summed E-state index contributed by atoms with van der Waals surface area (Å²) in [6.07, 6.45) is 76.6. The maximum Gasteiger partial charge on any atom is 0.306 e. The fourth-order valence-electron chi connectivity index (χ4n) is 7.04. The van der Waals surface area contributed by atoms with Crippen LogP contribution in [0.25, 0.3) is 0 Å². The van der Waals surface area contributed by atoms with E-state index in [1.165, 1.54) is 51.4 Å². The number of rotatable bonds is 48. The van der Waals surface area contributed by atoms with Crippen LogP contribution in [0.2, 0.25) is 0 Å². The first-order chi connectivity index (χ1) is 35.9. The molecule has 0 aromatic carbocycles. The average molecular weight is 1040 g/mol. The van der Waals surface area contributed by atoms with Crippen molar-refractivity contribution in [2.45, 2.75) is 193 Å². The highest BCUT2D eigenvalue weighted by Crippen LogP contribution is 2.38. The Kier molecular flexibility index (Phi) is 49.0. The summed E-state index contributed by atoms with van der Waals surface area (Å²) in [6.45, 7) is 6.45. The molecule has 3 unspecified atom stereocenters. The number of likely N-dealkylation sites (N-methyl/N-ethyl adjacent to an activating group) is 1. The van der Waals surface area contributed by atoms with Gasteiger partial charge in [0.15, 0.2) is 0 Å². The van der Waals surface area contributed by atoms with Gasteiger partial charge in [-0.2, -0.15) is 0 Å². The number of hydrogen-bond acceptors (Lipinski definition) is 7. The highest BCUT2D eigenvalue weighted by molar-refractivity contribution is 7.45. The number of allylic oxidation sites excluding steroid dienone is 25. The topological polar surface area (TPSA) is 114 Å². The second kappa shape index (κ2) is 52.1. The number of unbranched alkanes of at least 4 members (excludes halogenated alkanes) is 13. The number of carbonyl (C=O) groups excluding carboxylic acids is 2. The quantitative estimate of drug-likeness (QED) is 0.0161. The monoisotopic (exact) mass is 1040 g/mol. The van der Waals surface area contributed by atoms with Crippen molar-refractivity contribution >= 4 is 19.7 Å². The molecule has 1 N–H and O–H groups in total. The number of nitrogens with one attached hydrogen (secondary N) is 1. The van der Waals surface area contributed by atoms with E-state index in [1.807, 2.05) is 100 Å². The van der Waals surface area contributed by atoms with Gasteiger partial charge in [0.2, 0.25) is 5.91 Å². The molecule has 0 spiro atoms. The number of phosphoric ester groups is 1. The van der Waals surface area contributed by atoms with Crippen LogP contribution in [-0.4, -0.2) is 69.4 Å². The van der Waals surface area contributed by atoms with Gasteiger partial charge in [-0.15, -0.1) is 0 Å². The fourth-order valence-corrected chi connectivity index (χ4v) is 7.77. The van der Waals surface area contributed by atoms with Crippen molar-refractivity contribution in [1.82, 2.24) is 5.32 Å². The van der Waals surface area contributed by atoms with E-state index in [1.54, 1.807) is 6.08 Å². The summed E-state index contributed by atoms with van der Waals surface area (Å²) < 4.78 is 30.1. The Balaban J connectivity index is 5.59. The third-order valence-corrected chi connectivity index (χ3v) is 12.3. The van der Waals surface area contributed by atoms with Crippen molar-refractivity contribution in [2.75, 3.05) is 40.9 Å². The van der Waals surface area contributed by atoms with Crippen molar-refractivity contribution in [3.05, 3.63) is 158 Å². The minimum absolute atomic E-state index is 0.0535. The van der Waals surface area contributed by atoms with Crippen LogP contribution >= 0.6 is 7.82 Å². The Labute approximate surface area is 452 Å². The molecule has 0 aliphatic carbocycles. The van der Waals surface area contributed by atoms with Crippen LogP contribution in [0, 0.1) is 0 Å². The number of phosphoric acid groups is 1. The summed E-state index contributed by atoms with van der Waals surface area (Å²) in [4.78, 5) is 39.8. The van der Waals surface area contributed by atoms with Crippen molar-refractivity contribution < 1.29 is 37.3 Å². The predicted molar refractivity (Wildman–Crippen MR) is 315 cm³/mol. The maximum absolute atomic E-state index is 13.5. The number of nitrogens with zero attached hydrogens (tertiary/aromatic N) is 1. The largest absolute Gasteiger partial charge is 0.756 e. The van der Waals surface area contributed by atoms with Gasteiger partial charge < -0.3 is 28.5 Å². The Morgan fingerprint density at radius 2 is 0.946 bits per heavy atom. The minimum Gasteiger partial charge on any atom is -0.756 e. The van der Waals surface area contributed by atoms with E-state index in [9.17, 15) is 19.0 Å². The van der Waals surface area contributed by atoms with Crippen LogP contribution in [-0.2, 0) is 27.9 Å². The Bertz CT molecular complexity index is 1820. The molecule has 10 heteroatoms. The average Bonchev–Trinajstić information content (AvgIpc) is 3.36. The molecular weight excluding hydrogens is 940 g/mol. The standard InChI is InChI=1S/C64H103N2O7P/c1-7-10-13-16-19-22-25-28-30-32-33-35-36-38-41-44-47-50-53-56-63(67)65-61(60-72-74(69,70)71-59-58-66(4,5)6)62(55-52-49-46-43-40-27-24-21-18-15-12-9-3)73-64(68)57-54-51-48-45-42-39-37-34-31-29-26-23-20-17-14-11-8-2/h10-11,13-14,17,19-20,22-23,26,28-31,33-35,37-39,41-42,47,50,52,55,61-62H,7-9,12,15-16,18,21,24-25,27,32,36,40,43-46,48-49,51,53-54,56-60H2,1-6H3,(H-,65,67,69,70)/b13-10-,14-11-,20-17+,22-19-,26-23+,30-28-,31-29-,35-33-,37-34+,41-38-,42-39+,50-47-,55-52+. The van der Waals surface area contributed by atoms with Crippen LogP contribution < -0.4 is 10.2 Å². The first-order valence-electron chi connectivity index (χ1n) is 28.4. The highest BCUT2D eigenvalue weighted by atomic mass is 31.2. The van der Waals surface area contributed by atoms with Crippen LogP contribution in [0.1, 0.15) is 181 Å². The molecule has 0 aliphatic rings. The lowest BCUT2D eigenvalue weighted by atomic mass is 10.1. The van der Waals surface area contributed by atoms with Gasteiger partial charge in [0.05, 0.1) is 33.8 Å². The molecule has 0 aromatic heterocycles. The molecular formula is C64H103N2O7P. The van der Waals surface area contributed by atoms with E-state index in [0.29, 0.717) is 23.9 Å². The molecule has 0 fully saturated rings. The summed E-state index contributed by atoms with van der Waals surface area (Å²) in [7, 11) is 1.08. The van der Waals surface area contributed by atoms with E-state index in [-0.39, 0.29) is 25.4 Å². The lowest BCUT2D eigenvalue weighted by molar-refractivity contribution is -0.870. The van der Waals surface area contributed by atoms with Gasteiger partial charge in [-0.1, -0.05) is 237 Å². The lowest BCUT2D eigenvalue weighted by Crippen LogP contribution is -2.47. The van der Waals surface area contributed by atoms with E-state index < -0.39 is 32.5 Å². The molecule has 1 amide bonds. The third kappa shape index (κ3) is 52.5. The molecule has 0 heterocycles. The van der Waals surface area contributed by atoms with Gasteiger partial charge in [0.25, 0.3) is 7.82 Å². The number of hydrogen-bond donors (Lipinski definition) is 1. The van der Waals surface area contributed by atoms with E-state index in [4.69, 9.17) is 13.8 Å². The Morgan fingerprint density at radius 1 is 0.500 bits per heavy atom. The normalized spacial score (nSPS) is 15.0. The molecule has 0 radical (unpaired) electrons. The van der Waals surface area contributed by atoms with Gasteiger partial charge in [-0.3, -0.25) is 14.2 Å². The summed E-state index contributed by atoms with van der Waals surface area (Å²) in [5.41, 5.74) is 0. The van der Waals surface area contributed by atoms with E-state index in [2.05, 4.69) is 99.0 Å². The van der Waals surface area contributed by atoms with Crippen molar-refractivity contribution in [3.8, 4) is 0 Å². The summed E-state index contributed by atoms with van der Waals surface area (Å²) in [5, 5.41) is 2.95. The van der Waals surface area contributed by atoms with Crippen LogP contribution in [0.4, 0.5) is 0 Å². The van der Waals surface area contributed by atoms with Gasteiger partial charge in [0, 0.05) is 12.8 Å². The zero-order valence-corrected chi connectivity index (χ0v) is 48.1. The number of esters is 1. The third-order valence-electron chi connectivity index (χ3n) is 11.4. The first-order valence-corrected chi connectivity index (χ1v) is 29.8. The van der Waals surface area contributed by atoms with Gasteiger partial charge in [-0.25, -0.2) is 0 Å². The number of ether oxygens (including phenoxy) is 1. The molecule has 3 atom stereocenters. The highest BCUT2D eigenvalue weighted by Gasteiger charge is 2.27. The zero-order chi connectivity index (χ0) is 54.3. The smallest absolute Gasteiger partial charge is 0.306 e. The zero-order valence-electron chi connectivity index (χ0n) is 47.2. The number of quaternary nitrogens is 1. The van der Waals surface area contributed by atoms with Gasteiger partial charge in [-0.05, 0) is 89.5 Å². The predicted octanol–water partition coefficient (Wildman–Crippen LogP) is 16.6. The van der Waals surface area contributed by atoms with Crippen LogP contribution in [0.15, 0.2) is 158 Å². The van der Waals surface area contributed by atoms with Crippen LogP contribution in [0.5, 0.6) is 0 Å². The molecule has 0 rings (SSSR count). The molecule has 74 heavy (non-hydrogen) atoms. The van der Waals surface area contributed by atoms with E-state index in [0.717, 1.165) is 83.5 Å². The number of carbonyl (C=O) groups is 2. The SMILES string of the molecule is CC\C=C/C=C/C=C/C=C\C=C\C=C\CCCCCC(=O)OC(/C=C/CCCCCCCCCCCC)C(COP(=O)([O-])OCC[N+](C)(C)C)NC(=O)CC/C=C\C/C=C\C/C=C\C/C=C\C/C=C\C/C=C\CC. The van der Waals surface area contributed by atoms with E-state index >= 15 is 0 Å².